The number of amides is 1. The summed E-state index contributed by atoms with van der Waals surface area (Å²) in [6.07, 6.45) is 4.18. The first-order chi connectivity index (χ1) is 10.7. The van der Waals surface area contributed by atoms with E-state index in [1.54, 1.807) is 30.6 Å². The first kappa shape index (κ1) is 14.4. The zero-order valence-corrected chi connectivity index (χ0v) is 12.1. The van der Waals surface area contributed by atoms with Gasteiger partial charge in [-0.1, -0.05) is 12.1 Å². The van der Waals surface area contributed by atoms with Gasteiger partial charge in [0.1, 0.15) is 5.82 Å². The highest BCUT2D eigenvalue weighted by atomic mass is 19.1. The second-order valence-electron chi connectivity index (χ2n) is 5.32. The zero-order valence-electron chi connectivity index (χ0n) is 12.1. The van der Waals surface area contributed by atoms with Crippen LogP contribution in [-0.4, -0.2) is 29.0 Å². The maximum absolute atomic E-state index is 12.8. The fraction of sp³-hybridized carbons (Fsp3) is 0.312. The lowest BCUT2D eigenvalue weighted by atomic mass is 10.1. The highest BCUT2D eigenvalue weighted by molar-refractivity contribution is 5.79. The minimum absolute atomic E-state index is 0.0164. The van der Waals surface area contributed by atoms with Gasteiger partial charge in [0.05, 0.1) is 5.92 Å². The molecule has 0 bridgehead atoms. The topological polar surface area (TPSA) is 58.1 Å². The summed E-state index contributed by atoms with van der Waals surface area (Å²) in [6.45, 7) is 1.81. The Bertz CT molecular complexity index is 632. The molecule has 1 fully saturated rings. The van der Waals surface area contributed by atoms with Crippen molar-refractivity contribution in [2.24, 2.45) is 5.92 Å². The van der Waals surface area contributed by atoms with Crippen LogP contribution in [0, 0.1) is 11.7 Å². The predicted octanol–water partition coefficient (Wildman–Crippen LogP) is 1.76. The molecule has 1 amide bonds. The van der Waals surface area contributed by atoms with Crippen LogP contribution in [0.4, 0.5) is 10.3 Å². The van der Waals surface area contributed by atoms with Gasteiger partial charge in [-0.05, 0) is 30.2 Å². The Hall–Kier alpha value is -2.50. The first-order valence-electron chi connectivity index (χ1n) is 7.26. The van der Waals surface area contributed by atoms with E-state index in [9.17, 15) is 9.18 Å². The van der Waals surface area contributed by atoms with Crippen molar-refractivity contribution in [3.63, 3.8) is 0 Å². The van der Waals surface area contributed by atoms with Crippen LogP contribution in [0.3, 0.4) is 0 Å². The number of rotatable bonds is 4. The molecule has 1 saturated heterocycles. The number of carbonyl (C=O) groups is 1. The number of halogens is 1. The number of carbonyl (C=O) groups excluding carboxylic acids is 1. The van der Waals surface area contributed by atoms with Crippen molar-refractivity contribution in [2.45, 2.75) is 13.0 Å². The molecule has 0 radical (unpaired) electrons. The van der Waals surface area contributed by atoms with E-state index in [0.29, 0.717) is 19.0 Å². The third-order valence-corrected chi connectivity index (χ3v) is 3.77. The Labute approximate surface area is 128 Å². The molecule has 1 aliphatic rings. The van der Waals surface area contributed by atoms with Crippen LogP contribution in [0.1, 0.15) is 12.0 Å². The highest BCUT2D eigenvalue weighted by Crippen LogP contribution is 2.20. The van der Waals surface area contributed by atoms with Gasteiger partial charge >= 0.3 is 0 Å². The molecule has 0 unspecified atom stereocenters. The Kier molecular flexibility index (Phi) is 4.27. The number of nitrogens with one attached hydrogen (secondary N) is 1. The molecule has 1 atom stereocenters. The monoisotopic (exact) mass is 300 g/mol. The van der Waals surface area contributed by atoms with Crippen LogP contribution in [0.5, 0.6) is 0 Å². The van der Waals surface area contributed by atoms with Crippen LogP contribution in [0.25, 0.3) is 0 Å². The number of nitrogens with zero attached hydrogens (tertiary/aromatic N) is 3. The molecule has 1 N–H and O–H groups in total. The average molecular weight is 300 g/mol. The molecule has 1 aromatic carbocycles. The number of hydrogen-bond donors (Lipinski definition) is 1. The molecule has 1 aromatic heterocycles. The van der Waals surface area contributed by atoms with Crippen LogP contribution >= 0.6 is 0 Å². The van der Waals surface area contributed by atoms with Crippen molar-refractivity contribution in [3.05, 3.63) is 54.1 Å². The number of anilines is 1. The minimum atomic E-state index is -0.274. The van der Waals surface area contributed by atoms with Crippen molar-refractivity contribution in [1.82, 2.24) is 15.3 Å². The summed E-state index contributed by atoms with van der Waals surface area (Å²) in [5.41, 5.74) is 0.885. The van der Waals surface area contributed by atoms with E-state index in [1.807, 2.05) is 4.90 Å². The van der Waals surface area contributed by atoms with Crippen molar-refractivity contribution in [2.75, 3.05) is 18.0 Å². The first-order valence-corrected chi connectivity index (χ1v) is 7.26. The molecule has 0 saturated carbocycles. The SMILES string of the molecule is O=C(NCc1ccc(F)cc1)[C@H]1CCN(c2ncccn2)C1. The summed E-state index contributed by atoms with van der Waals surface area (Å²) in [5.74, 6) is 0.340. The second-order valence-corrected chi connectivity index (χ2v) is 5.32. The maximum atomic E-state index is 12.8. The van der Waals surface area contributed by atoms with Gasteiger partial charge in [0.25, 0.3) is 0 Å². The quantitative estimate of drug-likeness (QED) is 0.935. The van der Waals surface area contributed by atoms with E-state index in [2.05, 4.69) is 15.3 Å². The third-order valence-electron chi connectivity index (χ3n) is 3.77. The molecule has 1 aliphatic heterocycles. The highest BCUT2D eigenvalue weighted by Gasteiger charge is 2.29. The summed E-state index contributed by atoms with van der Waals surface area (Å²) >= 11 is 0. The van der Waals surface area contributed by atoms with Gasteiger partial charge < -0.3 is 10.2 Å². The Balaban J connectivity index is 1.52. The molecule has 22 heavy (non-hydrogen) atoms. The molecule has 2 aromatic rings. The summed E-state index contributed by atoms with van der Waals surface area (Å²) in [7, 11) is 0. The minimum Gasteiger partial charge on any atom is -0.352 e. The van der Waals surface area contributed by atoms with Crippen molar-refractivity contribution in [1.29, 1.82) is 0 Å². The van der Waals surface area contributed by atoms with Crippen molar-refractivity contribution in [3.8, 4) is 0 Å². The Morgan fingerprint density at radius 1 is 1.27 bits per heavy atom. The lowest BCUT2D eigenvalue weighted by Crippen LogP contribution is -2.32. The Morgan fingerprint density at radius 3 is 2.73 bits per heavy atom. The van der Waals surface area contributed by atoms with E-state index < -0.39 is 0 Å². The molecule has 0 aliphatic carbocycles. The van der Waals surface area contributed by atoms with Gasteiger partial charge in [-0.15, -0.1) is 0 Å². The standard InChI is InChI=1S/C16H17FN4O/c17-14-4-2-12(3-5-14)10-20-15(22)13-6-9-21(11-13)16-18-7-1-8-19-16/h1-5,7-8,13H,6,9-11H2,(H,20,22)/t13-/m0/s1. The van der Waals surface area contributed by atoms with E-state index >= 15 is 0 Å². The van der Waals surface area contributed by atoms with Gasteiger partial charge in [-0.2, -0.15) is 0 Å². The molecular formula is C16H17FN4O. The fourth-order valence-corrected chi connectivity index (χ4v) is 2.55. The smallest absolute Gasteiger partial charge is 0.225 e. The maximum Gasteiger partial charge on any atom is 0.225 e. The molecule has 2 heterocycles. The summed E-state index contributed by atoms with van der Waals surface area (Å²) < 4.78 is 12.8. The van der Waals surface area contributed by atoms with Crippen LogP contribution in [0.15, 0.2) is 42.7 Å². The van der Waals surface area contributed by atoms with Gasteiger partial charge in [-0.3, -0.25) is 4.79 Å². The van der Waals surface area contributed by atoms with E-state index in [1.165, 1.54) is 12.1 Å². The summed E-state index contributed by atoms with van der Waals surface area (Å²) in [6, 6.07) is 7.91. The fourth-order valence-electron chi connectivity index (χ4n) is 2.55. The molecule has 6 heteroatoms. The average Bonchev–Trinajstić information content (AvgIpc) is 3.05. The van der Waals surface area contributed by atoms with Crippen LogP contribution in [0.2, 0.25) is 0 Å². The lowest BCUT2D eigenvalue weighted by molar-refractivity contribution is -0.124. The largest absolute Gasteiger partial charge is 0.352 e. The second kappa shape index (κ2) is 6.51. The number of aromatic nitrogens is 2. The molecule has 3 rings (SSSR count). The van der Waals surface area contributed by atoms with Crippen molar-refractivity contribution >= 4 is 11.9 Å². The van der Waals surface area contributed by atoms with Gasteiger partial charge in [0, 0.05) is 32.0 Å². The molecule has 5 nitrogen and oxygen atoms in total. The van der Waals surface area contributed by atoms with Crippen LogP contribution < -0.4 is 10.2 Å². The van der Waals surface area contributed by atoms with Crippen LogP contribution in [-0.2, 0) is 11.3 Å². The third kappa shape index (κ3) is 3.39. The zero-order chi connectivity index (χ0) is 15.4. The van der Waals surface area contributed by atoms with E-state index in [0.717, 1.165) is 18.5 Å². The van der Waals surface area contributed by atoms with E-state index in [4.69, 9.17) is 0 Å². The van der Waals surface area contributed by atoms with E-state index in [-0.39, 0.29) is 17.6 Å². The van der Waals surface area contributed by atoms with Gasteiger partial charge in [-0.25, -0.2) is 14.4 Å². The molecule has 114 valence electrons. The normalized spacial score (nSPS) is 17.5. The van der Waals surface area contributed by atoms with Gasteiger partial charge in [0.2, 0.25) is 11.9 Å². The lowest BCUT2D eigenvalue weighted by Gasteiger charge is -2.15. The molecule has 0 spiro atoms. The predicted molar refractivity (Wildman–Crippen MR) is 80.6 cm³/mol. The van der Waals surface area contributed by atoms with Gasteiger partial charge in [0.15, 0.2) is 0 Å². The molecular weight excluding hydrogens is 283 g/mol. The Morgan fingerprint density at radius 2 is 2.00 bits per heavy atom. The number of hydrogen-bond acceptors (Lipinski definition) is 4. The summed E-state index contributed by atoms with van der Waals surface area (Å²) in [5, 5.41) is 2.90. The number of benzene rings is 1. The van der Waals surface area contributed by atoms with Crippen molar-refractivity contribution < 1.29 is 9.18 Å². The summed E-state index contributed by atoms with van der Waals surface area (Å²) in [4.78, 5) is 22.6.